The van der Waals surface area contributed by atoms with Gasteiger partial charge in [0.2, 0.25) is 5.91 Å². The van der Waals surface area contributed by atoms with E-state index in [0.717, 1.165) is 75.0 Å². The second-order valence-electron chi connectivity index (χ2n) is 8.14. The molecule has 1 amide bonds. The van der Waals surface area contributed by atoms with Crippen LogP contribution in [0.5, 0.6) is 0 Å². The number of hydrogen-bond acceptors (Lipinski definition) is 5. The Kier molecular flexibility index (Phi) is 7.14. The van der Waals surface area contributed by atoms with E-state index < -0.39 is 0 Å². The van der Waals surface area contributed by atoms with E-state index >= 15 is 0 Å². The molecule has 3 heterocycles. The van der Waals surface area contributed by atoms with Crippen LogP contribution in [-0.4, -0.2) is 94.6 Å². The second-order valence-corrected chi connectivity index (χ2v) is 8.14. The van der Waals surface area contributed by atoms with Crippen LogP contribution in [0.15, 0.2) is 35.6 Å². The molecular formula is C22H32N8O. The third-order valence-corrected chi connectivity index (χ3v) is 6.02. The molecule has 0 saturated carbocycles. The van der Waals surface area contributed by atoms with Crippen LogP contribution in [0.1, 0.15) is 24.8 Å². The van der Waals surface area contributed by atoms with E-state index in [-0.39, 0.29) is 5.91 Å². The Morgan fingerprint density at radius 3 is 2.61 bits per heavy atom. The van der Waals surface area contributed by atoms with Gasteiger partial charge in [-0.3, -0.25) is 19.8 Å². The zero-order chi connectivity index (χ0) is 21.5. The highest BCUT2D eigenvalue weighted by atomic mass is 16.2. The van der Waals surface area contributed by atoms with Crippen LogP contribution >= 0.6 is 0 Å². The monoisotopic (exact) mass is 424 g/mol. The van der Waals surface area contributed by atoms with Crippen molar-refractivity contribution in [3.8, 4) is 11.4 Å². The third-order valence-electron chi connectivity index (χ3n) is 6.02. The number of rotatable bonds is 5. The molecule has 9 nitrogen and oxygen atoms in total. The van der Waals surface area contributed by atoms with Gasteiger partial charge in [-0.05, 0) is 30.9 Å². The SMILES string of the molecule is CN=C(NCc1cccc(-c2ncn[nH]2)c1)N1CCN(CC(=O)N2CCCCC2)CC1. The van der Waals surface area contributed by atoms with Crippen molar-refractivity contribution in [1.29, 1.82) is 0 Å². The van der Waals surface area contributed by atoms with Gasteiger partial charge >= 0.3 is 0 Å². The predicted molar refractivity (Wildman–Crippen MR) is 120 cm³/mol. The van der Waals surface area contributed by atoms with E-state index in [1.807, 2.05) is 24.1 Å². The van der Waals surface area contributed by atoms with Gasteiger partial charge in [0, 0.05) is 58.4 Å². The maximum atomic E-state index is 12.5. The summed E-state index contributed by atoms with van der Waals surface area (Å²) in [5.41, 5.74) is 2.17. The molecule has 1 aromatic heterocycles. The number of aromatic amines is 1. The molecule has 166 valence electrons. The molecule has 2 aromatic rings. The molecule has 2 fully saturated rings. The first-order valence-corrected chi connectivity index (χ1v) is 11.1. The molecule has 2 aliphatic rings. The number of amides is 1. The van der Waals surface area contributed by atoms with Crippen molar-refractivity contribution in [2.24, 2.45) is 4.99 Å². The Labute approximate surface area is 183 Å². The number of carbonyl (C=O) groups excluding carboxylic acids is 1. The first-order valence-electron chi connectivity index (χ1n) is 11.1. The highest BCUT2D eigenvalue weighted by Gasteiger charge is 2.24. The lowest BCUT2D eigenvalue weighted by Gasteiger charge is -2.37. The lowest BCUT2D eigenvalue weighted by molar-refractivity contribution is -0.133. The van der Waals surface area contributed by atoms with E-state index in [1.54, 1.807) is 0 Å². The van der Waals surface area contributed by atoms with Crippen LogP contribution < -0.4 is 5.32 Å². The van der Waals surface area contributed by atoms with E-state index in [1.165, 1.54) is 12.7 Å². The molecule has 0 unspecified atom stereocenters. The van der Waals surface area contributed by atoms with E-state index in [0.29, 0.717) is 13.1 Å². The number of guanidine groups is 1. The van der Waals surface area contributed by atoms with Gasteiger partial charge in [-0.25, -0.2) is 4.98 Å². The number of likely N-dealkylation sites (tertiary alicyclic amines) is 1. The summed E-state index contributed by atoms with van der Waals surface area (Å²) in [4.78, 5) is 27.8. The van der Waals surface area contributed by atoms with Crippen molar-refractivity contribution in [2.45, 2.75) is 25.8 Å². The Morgan fingerprint density at radius 2 is 1.90 bits per heavy atom. The summed E-state index contributed by atoms with van der Waals surface area (Å²) in [7, 11) is 1.82. The van der Waals surface area contributed by atoms with Gasteiger partial charge in [-0.15, -0.1) is 0 Å². The molecule has 0 aliphatic carbocycles. The van der Waals surface area contributed by atoms with Gasteiger partial charge in [0.15, 0.2) is 11.8 Å². The molecule has 0 radical (unpaired) electrons. The first-order chi connectivity index (χ1) is 15.2. The maximum Gasteiger partial charge on any atom is 0.236 e. The Balaban J connectivity index is 1.25. The minimum absolute atomic E-state index is 0.280. The number of H-pyrrole nitrogens is 1. The summed E-state index contributed by atoms with van der Waals surface area (Å²) >= 11 is 0. The number of nitrogens with one attached hydrogen (secondary N) is 2. The standard InChI is InChI=1S/C22H32N8O/c1-23-22(24-15-18-6-5-7-19(14-18)21-25-17-26-27-21)30-12-10-28(11-13-30)16-20(31)29-8-3-2-4-9-29/h5-7,14,17H,2-4,8-13,15-16H2,1H3,(H,23,24)(H,25,26,27). The average Bonchev–Trinajstić information content (AvgIpc) is 3.36. The Morgan fingerprint density at radius 1 is 1.10 bits per heavy atom. The van der Waals surface area contributed by atoms with Crippen LogP contribution in [0.4, 0.5) is 0 Å². The predicted octanol–water partition coefficient (Wildman–Crippen LogP) is 1.18. The Hall–Kier alpha value is -2.94. The molecule has 9 heteroatoms. The molecule has 0 spiro atoms. The number of piperazine rings is 1. The van der Waals surface area contributed by atoms with Crippen LogP contribution in [0.3, 0.4) is 0 Å². The average molecular weight is 425 g/mol. The van der Waals surface area contributed by atoms with E-state index in [4.69, 9.17) is 0 Å². The molecule has 2 N–H and O–H groups in total. The summed E-state index contributed by atoms with van der Waals surface area (Å²) in [6.45, 7) is 6.55. The summed E-state index contributed by atoms with van der Waals surface area (Å²) in [5, 5.41) is 10.3. The minimum atomic E-state index is 0.280. The maximum absolute atomic E-state index is 12.5. The zero-order valence-electron chi connectivity index (χ0n) is 18.3. The molecule has 0 atom stereocenters. The van der Waals surface area contributed by atoms with Gasteiger partial charge in [-0.1, -0.05) is 18.2 Å². The van der Waals surface area contributed by atoms with Gasteiger partial charge in [0.1, 0.15) is 6.33 Å². The van der Waals surface area contributed by atoms with Crippen molar-refractivity contribution < 1.29 is 4.79 Å². The largest absolute Gasteiger partial charge is 0.352 e. The van der Waals surface area contributed by atoms with Gasteiger partial charge < -0.3 is 15.1 Å². The second kappa shape index (κ2) is 10.4. The van der Waals surface area contributed by atoms with Crippen LogP contribution in [0.25, 0.3) is 11.4 Å². The van der Waals surface area contributed by atoms with E-state index in [2.05, 4.69) is 47.4 Å². The van der Waals surface area contributed by atoms with Crippen molar-refractivity contribution in [3.63, 3.8) is 0 Å². The number of nitrogens with zero attached hydrogens (tertiary/aromatic N) is 6. The van der Waals surface area contributed by atoms with Crippen molar-refractivity contribution >= 4 is 11.9 Å². The molecule has 2 aliphatic heterocycles. The van der Waals surface area contributed by atoms with E-state index in [9.17, 15) is 4.79 Å². The van der Waals surface area contributed by atoms with Crippen molar-refractivity contribution in [2.75, 3.05) is 52.9 Å². The topological polar surface area (TPSA) is 92.7 Å². The number of aromatic nitrogens is 3. The fourth-order valence-corrected chi connectivity index (χ4v) is 4.24. The lowest BCUT2D eigenvalue weighted by atomic mass is 10.1. The number of aliphatic imine (C=N–C) groups is 1. The van der Waals surface area contributed by atoms with Crippen molar-refractivity contribution in [1.82, 2.24) is 35.2 Å². The molecule has 1 aromatic carbocycles. The van der Waals surface area contributed by atoms with Gasteiger partial charge in [0.25, 0.3) is 0 Å². The number of carbonyl (C=O) groups is 1. The lowest BCUT2D eigenvalue weighted by Crippen LogP contribution is -2.54. The van der Waals surface area contributed by atoms with Crippen LogP contribution in [0, 0.1) is 0 Å². The molecular weight excluding hydrogens is 392 g/mol. The summed E-state index contributed by atoms with van der Waals surface area (Å²) in [6, 6.07) is 8.23. The number of piperidine rings is 1. The van der Waals surface area contributed by atoms with Crippen LogP contribution in [-0.2, 0) is 11.3 Å². The van der Waals surface area contributed by atoms with Gasteiger partial charge in [-0.2, -0.15) is 5.10 Å². The Bertz CT molecular complexity index is 867. The normalized spacial score (nSPS) is 18.3. The molecule has 4 rings (SSSR count). The minimum Gasteiger partial charge on any atom is -0.352 e. The van der Waals surface area contributed by atoms with Crippen molar-refractivity contribution in [3.05, 3.63) is 36.2 Å². The fourth-order valence-electron chi connectivity index (χ4n) is 4.24. The van der Waals surface area contributed by atoms with Gasteiger partial charge in [0.05, 0.1) is 6.54 Å². The summed E-state index contributed by atoms with van der Waals surface area (Å²) in [5.74, 6) is 1.94. The first kappa shape index (κ1) is 21.3. The molecule has 0 bridgehead atoms. The molecule has 2 saturated heterocycles. The zero-order valence-corrected chi connectivity index (χ0v) is 18.3. The summed E-state index contributed by atoms with van der Waals surface area (Å²) in [6.07, 6.45) is 5.05. The summed E-state index contributed by atoms with van der Waals surface area (Å²) < 4.78 is 0. The third kappa shape index (κ3) is 5.61. The number of benzene rings is 1. The fraction of sp³-hybridized carbons (Fsp3) is 0.545. The van der Waals surface area contributed by atoms with Crippen LogP contribution in [0.2, 0.25) is 0 Å². The highest BCUT2D eigenvalue weighted by Crippen LogP contribution is 2.15. The highest BCUT2D eigenvalue weighted by molar-refractivity contribution is 5.80. The molecule has 31 heavy (non-hydrogen) atoms. The number of hydrogen-bond donors (Lipinski definition) is 2. The smallest absolute Gasteiger partial charge is 0.236 e. The quantitative estimate of drug-likeness (QED) is 0.553.